The number of hydrogen-bond donors (Lipinski definition) is 3. The van der Waals surface area contributed by atoms with Gasteiger partial charge in [-0.3, -0.25) is 4.79 Å². The van der Waals surface area contributed by atoms with E-state index in [-0.39, 0.29) is 29.9 Å². The van der Waals surface area contributed by atoms with Gasteiger partial charge in [-0.2, -0.15) is 0 Å². The SMILES string of the molecule is CN1CC2=CC=CNC2C(O)=C1C(=O)NCc1cc(Cl)cc(Cl)c1. The van der Waals surface area contributed by atoms with E-state index in [1.807, 2.05) is 12.2 Å². The number of aliphatic hydroxyl groups excluding tert-OH is 1. The lowest BCUT2D eigenvalue weighted by Crippen LogP contribution is -2.46. The van der Waals surface area contributed by atoms with E-state index in [0.717, 1.165) is 11.1 Å². The molecule has 2 aliphatic rings. The highest BCUT2D eigenvalue weighted by molar-refractivity contribution is 6.34. The van der Waals surface area contributed by atoms with E-state index in [1.165, 1.54) is 0 Å². The van der Waals surface area contributed by atoms with Gasteiger partial charge in [0.1, 0.15) is 17.5 Å². The van der Waals surface area contributed by atoms with Crippen LogP contribution in [0.15, 0.2) is 53.6 Å². The Morgan fingerprint density at radius 3 is 2.79 bits per heavy atom. The molecule has 1 aromatic rings. The second-order valence-corrected chi connectivity index (χ2v) is 6.62. The lowest BCUT2D eigenvalue weighted by atomic mass is 9.96. The summed E-state index contributed by atoms with van der Waals surface area (Å²) in [5, 5.41) is 17.4. The van der Waals surface area contributed by atoms with Gasteiger partial charge in [0.05, 0.1) is 0 Å². The third kappa shape index (κ3) is 3.37. The molecule has 1 amide bonds. The molecule has 0 bridgehead atoms. The maximum Gasteiger partial charge on any atom is 0.271 e. The Morgan fingerprint density at radius 2 is 2.08 bits per heavy atom. The number of benzene rings is 1. The van der Waals surface area contributed by atoms with Crippen molar-refractivity contribution in [3.63, 3.8) is 0 Å². The van der Waals surface area contributed by atoms with Crippen molar-refractivity contribution in [3.8, 4) is 0 Å². The first-order valence-electron chi connectivity index (χ1n) is 7.45. The molecule has 0 aliphatic carbocycles. The highest BCUT2D eigenvalue weighted by Crippen LogP contribution is 2.26. The number of fused-ring (bicyclic) bond motifs is 1. The molecule has 0 saturated carbocycles. The molecule has 7 heteroatoms. The maximum atomic E-state index is 12.5. The second-order valence-electron chi connectivity index (χ2n) is 5.75. The van der Waals surface area contributed by atoms with Gasteiger partial charge in [-0.1, -0.05) is 29.3 Å². The van der Waals surface area contributed by atoms with Crippen molar-refractivity contribution in [1.82, 2.24) is 15.5 Å². The molecule has 2 aliphatic heterocycles. The van der Waals surface area contributed by atoms with Crippen molar-refractivity contribution in [2.24, 2.45) is 0 Å². The molecule has 24 heavy (non-hydrogen) atoms. The molecule has 0 aromatic heterocycles. The van der Waals surface area contributed by atoms with Crippen LogP contribution >= 0.6 is 23.2 Å². The Bertz CT molecular complexity index is 751. The van der Waals surface area contributed by atoms with E-state index in [9.17, 15) is 9.90 Å². The van der Waals surface area contributed by atoms with Crippen LogP contribution in [0.4, 0.5) is 0 Å². The molecule has 5 nitrogen and oxygen atoms in total. The zero-order valence-electron chi connectivity index (χ0n) is 13.0. The second kappa shape index (κ2) is 6.79. The molecule has 1 atom stereocenters. The van der Waals surface area contributed by atoms with Crippen LogP contribution in [-0.4, -0.2) is 35.5 Å². The third-order valence-electron chi connectivity index (χ3n) is 3.95. The van der Waals surface area contributed by atoms with E-state index in [4.69, 9.17) is 23.2 Å². The number of nitrogens with one attached hydrogen (secondary N) is 2. The standard InChI is InChI=1S/C17H17Cl2N3O2/c1-22-9-11-3-2-4-20-14(11)16(23)15(22)17(24)21-8-10-5-12(18)7-13(19)6-10/h2-7,14,20,23H,8-9H2,1H3,(H,21,24). The molecule has 1 aromatic carbocycles. The van der Waals surface area contributed by atoms with E-state index in [1.54, 1.807) is 36.3 Å². The first-order valence-corrected chi connectivity index (χ1v) is 8.20. The third-order valence-corrected chi connectivity index (χ3v) is 4.38. The van der Waals surface area contributed by atoms with Crippen LogP contribution in [0.1, 0.15) is 5.56 Å². The fraction of sp³-hybridized carbons (Fsp3) is 0.235. The fourth-order valence-electron chi connectivity index (χ4n) is 2.88. The van der Waals surface area contributed by atoms with Crippen LogP contribution in [0, 0.1) is 0 Å². The van der Waals surface area contributed by atoms with Gasteiger partial charge in [0.25, 0.3) is 5.91 Å². The molecule has 2 heterocycles. The molecule has 0 radical (unpaired) electrons. The monoisotopic (exact) mass is 365 g/mol. The smallest absolute Gasteiger partial charge is 0.271 e. The van der Waals surface area contributed by atoms with E-state index >= 15 is 0 Å². The average molecular weight is 366 g/mol. The topological polar surface area (TPSA) is 64.6 Å². The Labute approximate surface area is 150 Å². The lowest BCUT2D eigenvalue weighted by molar-refractivity contribution is -0.119. The molecule has 3 rings (SSSR count). The van der Waals surface area contributed by atoms with Crippen molar-refractivity contribution in [2.75, 3.05) is 13.6 Å². The average Bonchev–Trinajstić information content (AvgIpc) is 2.52. The molecule has 0 fully saturated rings. The molecule has 1 unspecified atom stereocenters. The number of halogens is 2. The van der Waals surface area contributed by atoms with Crippen molar-refractivity contribution >= 4 is 29.1 Å². The normalized spacial score (nSPS) is 19.5. The summed E-state index contributed by atoms with van der Waals surface area (Å²) in [6.45, 7) is 0.836. The Kier molecular flexibility index (Phi) is 4.73. The summed E-state index contributed by atoms with van der Waals surface area (Å²) in [5.41, 5.74) is 2.06. The van der Waals surface area contributed by atoms with Crippen LogP contribution in [0.2, 0.25) is 10.0 Å². The summed E-state index contributed by atoms with van der Waals surface area (Å²) < 4.78 is 0. The molecule has 3 N–H and O–H groups in total. The van der Waals surface area contributed by atoms with Gasteiger partial charge >= 0.3 is 0 Å². The largest absolute Gasteiger partial charge is 0.507 e. The number of rotatable bonds is 3. The lowest BCUT2D eigenvalue weighted by Gasteiger charge is -2.35. The van der Waals surface area contributed by atoms with Crippen molar-refractivity contribution in [3.05, 3.63) is 69.2 Å². The van der Waals surface area contributed by atoms with Gasteiger partial charge < -0.3 is 20.6 Å². The molecule has 126 valence electrons. The first kappa shape index (κ1) is 16.7. The number of nitrogens with zero attached hydrogens (tertiary/aromatic N) is 1. The molecular formula is C17H17Cl2N3O2. The van der Waals surface area contributed by atoms with Crippen LogP contribution in [-0.2, 0) is 11.3 Å². The van der Waals surface area contributed by atoms with Crippen LogP contribution in [0.25, 0.3) is 0 Å². The van der Waals surface area contributed by atoms with Gasteiger partial charge in [0.15, 0.2) is 0 Å². The number of amides is 1. The Balaban J connectivity index is 1.76. The summed E-state index contributed by atoms with van der Waals surface area (Å²) in [6.07, 6.45) is 5.57. The van der Waals surface area contributed by atoms with Crippen LogP contribution < -0.4 is 10.6 Å². The maximum absolute atomic E-state index is 12.5. The van der Waals surface area contributed by atoms with Gasteiger partial charge in [0.2, 0.25) is 0 Å². The van der Waals surface area contributed by atoms with Crippen LogP contribution in [0.3, 0.4) is 0 Å². The Morgan fingerprint density at radius 1 is 1.38 bits per heavy atom. The predicted octanol–water partition coefficient (Wildman–Crippen LogP) is 2.74. The number of hydrogen-bond acceptors (Lipinski definition) is 4. The number of dihydropyridines is 1. The molecule has 0 spiro atoms. The highest BCUT2D eigenvalue weighted by atomic mass is 35.5. The van der Waals surface area contributed by atoms with Gasteiger partial charge in [-0.25, -0.2) is 0 Å². The van der Waals surface area contributed by atoms with Gasteiger partial charge in [-0.05, 0) is 41.6 Å². The first-order chi connectivity index (χ1) is 11.5. The van der Waals surface area contributed by atoms with E-state index in [0.29, 0.717) is 16.6 Å². The van der Waals surface area contributed by atoms with Gasteiger partial charge in [-0.15, -0.1) is 0 Å². The summed E-state index contributed by atoms with van der Waals surface area (Å²) in [7, 11) is 1.77. The summed E-state index contributed by atoms with van der Waals surface area (Å²) in [6, 6.07) is 4.75. The van der Waals surface area contributed by atoms with Gasteiger partial charge in [0, 0.05) is 30.2 Å². The number of carbonyl (C=O) groups excluding carboxylic acids is 1. The number of carbonyl (C=O) groups is 1. The minimum Gasteiger partial charge on any atom is -0.507 e. The number of likely N-dealkylation sites (N-methyl/N-ethyl adjacent to an activating group) is 1. The summed E-state index contributed by atoms with van der Waals surface area (Å²) in [5.74, 6) is -0.331. The van der Waals surface area contributed by atoms with E-state index < -0.39 is 0 Å². The minimum absolute atomic E-state index is 0.0148. The van der Waals surface area contributed by atoms with E-state index in [2.05, 4.69) is 10.6 Å². The predicted molar refractivity (Wildman–Crippen MR) is 94.7 cm³/mol. The van der Waals surface area contributed by atoms with Crippen molar-refractivity contribution in [1.29, 1.82) is 0 Å². The van der Waals surface area contributed by atoms with Crippen LogP contribution in [0.5, 0.6) is 0 Å². The molecular weight excluding hydrogens is 349 g/mol. The summed E-state index contributed by atoms with van der Waals surface area (Å²) in [4.78, 5) is 14.3. The zero-order chi connectivity index (χ0) is 17.3. The summed E-state index contributed by atoms with van der Waals surface area (Å²) >= 11 is 11.9. The molecule has 0 saturated heterocycles. The Hall–Kier alpha value is -2.11. The van der Waals surface area contributed by atoms with Crippen molar-refractivity contribution < 1.29 is 9.90 Å². The number of aliphatic hydroxyl groups is 1. The fourth-order valence-corrected chi connectivity index (χ4v) is 3.45. The zero-order valence-corrected chi connectivity index (χ0v) is 14.5. The highest BCUT2D eigenvalue weighted by Gasteiger charge is 2.33. The number of allylic oxidation sites excluding steroid dienone is 2. The minimum atomic E-state index is -0.354. The van der Waals surface area contributed by atoms with Crippen molar-refractivity contribution in [2.45, 2.75) is 12.6 Å². The quantitative estimate of drug-likeness (QED) is 0.770.